The minimum absolute atomic E-state index is 0.172. The van der Waals surface area contributed by atoms with Crippen LogP contribution in [0.4, 0.5) is 10.1 Å². The Kier molecular flexibility index (Phi) is 4.59. The molecule has 2 aromatic carbocycles. The van der Waals surface area contributed by atoms with Crippen LogP contribution in [0.3, 0.4) is 0 Å². The molecule has 0 amide bonds. The third kappa shape index (κ3) is 3.57. The summed E-state index contributed by atoms with van der Waals surface area (Å²) < 4.78 is 14.6. The number of aryl methyl sites for hydroxylation is 1. The van der Waals surface area contributed by atoms with Crippen molar-refractivity contribution in [2.24, 2.45) is 0 Å². The van der Waals surface area contributed by atoms with Gasteiger partial charge in [-0.3, -0.25) is 0 Å². The Morgan fingerprint density at radius 3 is 2.63 bits per heavy atom. The number of hydrogen-bond acceptors (Lipinski definition) is 1. The van der Waals surface area contributed by atoms with Crippen LogP contribution in [0.5, 0.6) is 0 Å². The zero-order valence-corrected chi connectivity index (χ0v) is 12.7. The normalized spacial score (nSPS) is 12.2. The maximum Gasteiger partial charge on any atom is 0.128 e. The van der Waals surface area contributed by atoms with Gasteiger partial charge in [-0.1, -0.05) is 41.1 Å². The van der Waals surface area contributed by atoms with Gasteiger partial charge in [0.25, 0.3) is 0 Å². The molecule has 1 nitrogen and oxygen atoms in total. The molecule has 0 spiro atoms. The first-order valence-corrected chi connectivity index (χ1v) is 7.17. The van der Waals surface area contributed by atoms with Crippen molar-refractivity contribution in [2.45, 2.75) is 26.3 Å². The molecule has 0 aliphatic rings. The van der Waals surface area contributed by atoms with Crippen LogP contribution in [-0.2, 0) is 0 Å². The molecule has 0 aliphatic carbocycles. The summed E-state index contributed by atoms with van der Waals surface area (Å²) in [5.41, 5.74) is 2.67. The second-order valence-electron chi connectivity index (χ2n) is 4.62. The summed E-state index contributed by atoms with van der Waals surface area (Å²) in [5.74, 6) is -0.172. The predicted octanol–water partition coefficient (Wildman–Crippen LogP) is 5.46. The van der Waals surface area contributed by atoms with Gasteiger partial charge in [0.2, 0.25) is 0 Å². The van der Waals surface area contributed by atoms with Crippen molar-refractivity contribution in [1.82, 2.24) is 0 Å². The molecular weight excluding hydrogens is 305 g/mol. The molecular formula is C16H17BrFN. The third-order valence-electron chi connectivity index (χ3n) is 3.17. The van der Waals surface area contributed by atoms with Crippen molar-refractivity contribution in [2.75, 3.05) is 5.32 Å². The van der Waals surface area contributed by atoms with Gasteiger partial charge in [-0.2, -0.15) is 0 Å². The average Bonchev–Trinajstić information content (AvgIpc) is 2.40. The van der Waals surface area contributed by atoms with E-state index in [0.717, 1.165) is 16.6 Å². The summed E-state index contributed by atoms with van der Waals surface area (Å²) in [4.78, 5) is 0. The number of hydrogen-bond donors (Lipinski definition) is 1. The lowest BCUT2D eigenvalue weighted by Crippen LogP contribution is -2.09. The minimum atomic E-state index is -0.172. The Balaban J connectivity index is 2.21. The van der Waals surface area contributed by atoms with Crippen LogP contribution in [0.25, 0.3) is 0 Å². The number of nitrogens with one attached hydrogen (secondary N) is 1. The van der Waals surface area contributed by atoms with E-state index >= 15 is 0 Å². The van der Waals surface area contributed by atoms with Crippen molar-refractivity contribution in [3.8, 4) is 0 Å². The summed E-state index contributed by atoms with van der Waals surface area (Å²) in [6.07, 6.45) is 0.936. The molecule has 0 bridgehead atoms. The molecule has 1 N–H and O–H groups in total. The van der Waals surface area contributed by atoms with Crippen LogP contribution in [-0.4, -0.2) is 0 Å². The SMILES string of the molecule is CCC(Nc1ccc(C)c(F)c1)c1cccc(Br)c1. The molecule has 2 aromatic rings. The van der Waals surface area contributed by atoms with E-state index in [1.165, 1.54) is 5.56 Å². The smallest absolute Gasteiger partial charge is 0.128 e. The maximum atomic E-state index is 13.6. The van der Waals surface area contributed by atoms with Crippen LogP contribution in [0.2, 0.25) is 0 Å². The lowest BCUT2D eigenvalue weighted by molar-refractivity contribution is 0.618. The van der Waals surface area contributed by atoms with Crippen molar-refractivity contribution < 1.29 is 4.39 Å². The fraction of sp³-hybridized carbons (Fsp3) is 0.250. The molecule has 1 unspecified atom stereocenters. The van der Waals surface area contributed by atoms with Crippen LogP contribution in [0, 0.1) is 12.7 Å². The largest absolute Gasteiger partial charge is 0.378 e. The number of halogens is 2. The topological polar surface area (TPSA) is 12.0 Å². The van der Waals surface area contributed by atoms with Crippen LogP contribution < -0.4 is 5.32 Å². The molecule has 0 saturated carbocycles. The van der Waals surface area contributed by atoms with Gasteiger partial charge in [0.15, 0.2) is 0 Å². The second-order valence-corrected chi connectivity index (χ2v) is 5.54. The fourth-order valence-electron chi connectivity index (χ4n) is 2.03. The summed E-state index contributed by atoms with van der Waals surface area (Å²) >= 11 is 3.48. The Morgan fingerprint density at radius 2 is 2.00 bits per heavy atom. The number of benzene rings is 2. The molecule has 3 heteroatoms. The summed E-state index contributed by atoms with van der Waals surface area (Å²) in [6.45, 7) is 3.88. The van der Waals surface area contributed by atoms with Gasteiger partial charge >= 0.3 is 0 Å². The first-order valence-electron chi connectivity index (χ1n) is 6.38. The second kappa shape index (κ2) is 6.20. The number of anilines is 1. The van der Waals surface area contributed by atoms with E-state index in [9.17, 15) is 4.39 Å². The van der Waals surface area contributed by atoms with Gasteiger partial charge < -0.3 is 5.32 Å². The van der Waals surface area contributed by atoms with Crippen LogP contribution >= 0.6 is 15.9 Å². The van der Waals surface area contributed by atoms with Gasteiger partial charge in [0.1, 0.15) is 5.82 Å². The maximum absolute atomic E-state index is 13.6. The zero-order chi connectivity index (χ0) is 13.8. The molecule has 1 atom stereocenters. The van der Waals surface area contributed by atoms with Crippen LogP contribution in [0.15, 0.2) is 46.9 Å². The van der Waals surface area contributed by atoms with Gasteiger partial charge in [-0.15, -0.1) is 0 Å². The first-order chi connectivity index (χ1) is 9.10. The highest BCUT2D eigenvalue weighted by molar-refractivity contribution is 9.10. The van der Waals surface area contributed by atoms with Crippen LogP contribution in [0.1, 0.15) is 30.5 Å². The average molecular weight is 322 g/mol. The van der Waals surface area contributed by atoms with E-state index in [4.69, 9.17) is 0 Å². The lowest BCUT2D eigenvalue weighted by atomic mass is 10.0. The zero-order valence-electron chi connectivity index (χ0n) is 11.1. The molecule has 0 fully saturated rings. The van der Waals surface area contributed by atoms with Crippen molar-refractivity contribution in [1.29, 1.82) is 0 Å². The standard InChI is InChI=1S/C16H17BrFN/c1-3-16(12-5-4-6-13(17)9-12)19-14-8-7-11(2)15(18)10-14/h4-10,16,19H,3H2,1-2H3. The van der Waals surface area contributed by atoms with Gasteiger partial charge in [-0.05, 0) is 48.7 Å². The quantitative estimate of drug-likeness (QED) is 0.788. The lowest BCUT2D eigenvalue weighted by Gasteiger charge is -2.19. The van der Waals surface area contributed by atoms with E-state index in [1.54, 1.807) is 19.1 Å². The van der Waals surface area contributed by atoms with E-state index < -0.39 is 0 Å². The van der Waals surface area contributed by atoms with Gasteiger partial charge in [-0.25, -0.2) is 4.39 Å². The minimum Gasteiger partial charge on any atom is -0.378 e. The summed E-state index contributed by atoms with van der Waals surface area (Å²) in [6, 6.07) is 13.6. The fourth-order valence-corrected chi connectivity index (χ4v) is 2.45. The molecule has 0 saturated heterocycles. The Morgan fingerprint density at radius 1 is 1.21 bits per heavy atom. The van der Waals surface area contributed by atoms with E-state index in [2.05, 4.69) is 40.3 Å². The van der Waals surface area contributed by atoms with E-state index in [-0.39, 0.29) is 11.9 Å². The van der Waals surface area contributed by atoms with E-state index in [0.29, 0.717) is 5.56 Å². The highest BCUT2D eigenvalue weighted by Crippen LogP contribution is 2.25. The molecule has 19 heavy (non-hydrogen) atoms. The summed E-state index contributed by atoms with van der Waals surface area (Å²) in [5, 5.41) is 3.38. The highest BCUT2D eigenvalue weighted by Gasteiger charge is 2.10. The van der Waals surface area contributed by atoms with Gasteiger partial charge in [0, 0.05) is 10.2 Å². The monoisotopic (exact) mass is 321 g/mol. The molecule has 2 rings (SSSR count). The Hall–Kier alpha value is -1.35. The third-order valence-corrected chi connectivity index (χ3v) is 3.67. The molecule has 0 heterocycles. The van der Waals surface area contributed by atoms with Crippen molar-refractivity contribution in [3.05, 3.63) is 63.9 Å². The molecule has 0 aliphatic heterocycles. The first kappa shape index (κ1) is 14.1. The predicted molar refractivity (Wildman–Crippen MR) is 81.9 cm³/mol. The highest BCUT2D eigenvalue weighted by atomic mass is 79.9. The molecule has 0 radical (unpaired) electrons. The van der Waals surface area contributed by atoms with Crippen molar-refractivity contribution >= 4 is 21.6 Å². The van der Waals surface area contributed by atoms with Crippen molar-refractivity contribution in [3.63, 3.8) is 0 Å². The molecule has 0 aromatic heterocycles. The molecule has 100 valence electrons. The number of rotatable bonds is 4. The van der Waals surface area contributed by atoms with Gasteiger partial charge in [0.05, 0.1) is 6.04 Å². The van der Waals surface area contributed by atoms with E-state index in [1.807, 2.05) is 18.2 Å². The Bertz CT molecular complexity index is 568. The Labute approximate surface area is 122 Å². The summed E-state index contributed by atoms with van der Waals surface area (Å²) in [7, 11) is 0.